The number of nitrogens with one attached hydrogen (secondary N) is 2. The van der Waals surface area contributed by atoms with E-state index in [-0.39, 0.29) is 5.56 Å². The first-order valence-electron chi connectivity index (χ1n) is 8.28. The third-order valence-electron chi connectivity index (χ3n) is 4.96. The van der Waals surface area contributed by atoms with E-state index in [0.717, 1.165) is 41.4 Å². The van der Waals surface area contributed by atoms with Gasteiger partial charge in [-0.2, -0.15) is 5.10 Å². The van der Waals surface area contributed by atoms with Gasteiger partial charge in [-0.25, -0.2) is 4.98 Å². The van der Waals surface area contributed by atoms with Crippen molar-refractivity contribution in [1.29, 1.82) is 0 Å². The summed E-state index contributed by atoms with van der Waals surface area (Å²) in [4.78, 5) is 20.0. The summed E-state index contributed by atoms with van der Waals surface area (Å²) in [5.74, 6) is 0. The maximum Gasteiger partial charge on any atom is 0.257 e. The van der Waals surface area contributed by atoms with Crippen molar-refractivity contribution in [2.24, 2.45) is 0 Å². The number of fused-ring (bicyclic) bond motifs is 5. The SMILES string of the molecule is O=c1[nH]cccc1-c1nc2ccc3[nH]ncc3c2c2c1CCCC2. The molecule has 4 aromatic rings. The van der Waals surface area contributed by atoms with E-state index in [1.807, 2.05) is 30.5 Å². The summed E-state index contributed by atoms with van der Waals surface area (Å²) in [5, 5.41) is 9.53. The van der Waals surface area contributed by atoms with E-state index in [2.05, 4.69) is 15.2 Å². The second-order valence-corrected chi connectivity index (χ2v) is 6.33. The van der Waals surface area contributed by atoms with E-state index >= 15 is 0 Å². The highest BCUT2D eigenvalue weighted by atomic mass is 16.1. The van der Waals surface area contributed by atoms with Crippen LogP contribution >= 0.6 is 0 Å². The van der Waals surface area contributed by atoms with Crippen LogP contribution in [0.15, 0.2) is 41.5 Å². The van der Waals surface area contributed by atoms with Crippen molar-refractivity contribution in [2.75, 3.05) is 0 Å². The second-order valence-electron chi connectivity index (χ2n) is 6.33. The average Bonchev–Trinajstić information content (AvgIpc) is 3.10. The molecule has 3 heterocycles. The lowest BCUT2D eigenvalue weighted by atomic mass is 9.85. The van der Waals surface area contributed by atoms with E-state index in [9.17, 15) is 4.79 Å². The molecule has 0 radical (unpaired) electrons. The Kier molecular flexibility index (Phi) is 2.82. The van der Waals surface area contributed by atoms with E-state index in [0.29, 0.717) is 5.56 Å². The summed E-state index contributed by atoms with van der Waals surface area (Å²) in [5.41, 5.74) is 5.93. The maximum absolute atomic E-state index is 12.3. The molecule has 1 aliphatic carbocycles. The van der Waals surface area contributed by atoms with Crippen LogP contribution in [0.2, 0.25) is 0 Å². The first-order valence-corrected chi connectivity index (χ1v) is 8.28. The third-order valence-corrected chi connectivity index (χ3v) is 4.96. The number of hydrogen-bond acceptors (Lipinski definition) is 3. The van der Waals surface area contributed by atoms with Crippen LogP contribution < -0.4 is 5.56 Å². The zero-order chi connectivity index (χ0) is 16.1. The smallest absolute Gasteiger partial charge is 0.257 e. The Hall–Kier alpha value is -2.95. The van der Waals surface area contributed by atoms with Gasteiger partial charge in [0.1, 0.15) is 0 Å². The number of hydrogen-bond donors (Lipinski definition) is 2. The lowest BCUT2D eigenvalue weighted by Crippen LogP contribution is -2.13. The molecular formula is C19H16N4O. The van der Waals surface area contributed by atoms with Gasteiger partial charge in [-0.1, -0.05) is 0 Å². The molecule has 0 fully saturated rings. The van der Waals surface area contributed by atoms with Crippen molar-refractivity contribution in [3.63, 3.8) is 0 Å². The Bertz CT molecular complexity index is 1140. The van der Waals surface area contributed by atoms with Gasteiger partial charge < -0.3 is 4.98 Å². The molecule has 0 atom stereocenters. The highest BCUT2D eigenvalue weighted by Gasteiger charge is 2.22. The minimum atomic E-state index is -0.0819. The molecular weight excluding hydrogens is 300 g/mol. The molecule has 0 amide bonds. The van der Waals surface area contributed by atoms with Crippen LogP contribution in [0.1, 0.15) is 24.0 Å². The Morgan fingerprint density at radius 3 is 2.79 bits per heavy atom. The number of H-pyrrole nitrogens is 2. The van der Waals surface area contributed by atoms with Crippen LogP contribution in [0.3, 0.4) is 0 Å². The number of nitrogens with zero attached hydrogens (tertiary/aromatic N) is 2. The number of benzene rings is 1. The van der Waals surface area contributed by atoms with Gasteiger partial charge in [-0.3, -0.25) is 9.89 Å². The number of pyridine rings is 2. The molecule has 118 valence electrons. The first-order chi connectivity index (χ1) is 11.8. The van der Waals surface area contributed by atoms with Crippen LogP contribution in [-0.2, 0) is 12.8 Å². The van der Waals surface area contributed by atoms with E-state index in [1.165, 1.54) is 22.9 Å². The molecule has 2 N–H and O–H groups in total. The minimum Gasteiger partial charge on any atom is -0.329 e. The molecule has 0 saturated heterocycles. The fraction of sp³-hybridized carbons (Fsp3) is 0.211. The molecule has 3 aromatic heterocycles. The van der Waals surface area contributed by atoms with Crippen LogP contribution in [0.4, 0.5) is 0 Å². The van der Waals surface area contributed by atoms with Gasteiger partial charge in [0.05, 0.1) is 28.5 Å². The number of rotatable bonds is 1. The molecule has 1 aliphatic rings. The number of aromatic nitrogens is 4. The monoisotopic (exact) mass is 316 g/mol. The maximum atomic E-state index is 12.3. The standard InChI is InChI=1S/C19H16N4O/c24-19-13(6-3-9-20-19)18-12-5-2-1-4-11(12)17-14-10-21-23-15(14)7-8-16(17)22-18/h3,6-10H,1-2,4-5H2,(H,20,24)(H,21,23). The number of aryl methyl sites for hydroxylation is 1. The normalized spacial score (nSPS) is 14.2. The van der Waals surface area contributed by atoms with Crippen LogP contribution in [-0.4, -0.2) is 20.2 Å². The molecule has 1 aromatic carbocycles. The molecule has 5 rings (SSSR count). The van der Waals surface area contributed by atoms with Crippen molar-refractivity contribution in [2.45, 2.75) is 25.7 Å². The van der Waals surface area contributed by atoms with Gasteiger partial charge in [-0.05, 0) is 61.1 Å². The molecule has 0 bridgehead atoms. The Labute approximate surface area is 137 Å². The van der Waals surface area contributed by atoms with Crippen LogP contribution in [0.25, 0.3) is 33.1 Å². The predicted molar refractivity (Wildman–Crippen MR) is 94.1 cm³/mol. The Morgan fingerprint density at radius 1 is 1.04 bits per heavy atom. The molecule has 0 aliphatic heterocycles. The highest BCUT2D eigenvalue weighted by molar-refractivity contribution is 6.07. The zero-order valence-electron chi connectivity index (χ0n) is 13.1. The summed E-state index contributed by atoms with van der Waals surface area (Å²) in [6, 6.07) is 7.74. The Morgan fingerprint density at radius 2 is 1.92 bits per heavy atom. The molecule has 24 heavy (non-hydrogen) atoms. The summed E-state index contributed by atoms with van der Waals surface area (Å²) < 4.78 is 0. The largest absolute Gasteiger partial charge is 0.329 e. The predicted octanol–water partition coefficient (Wildman–Crippen LogP) is 3.35. The Balaban J connectivity index is 1.95. The van der Waals surface area contributed by atoms with Crippen molar-refractivity contribution in [3.8, 4) is 11.3 Å². The fourth-order valence-electron chi connectivity index (χ4n) is 3.88. The minimum absolute atomic E-state index is 0.0819. The highest BCUT2D eigenvalue weighted by Crippen LogP contribution is 2.36. The van der Waals surface area contributed by atoms with Gasteiger partial charge in [0, 0.05) is 17.0 Å². The lowest BCUT2D eigenvalue weighted by Gasteiger charge is -2.21. The third kappa shape index (κ3) is 1.84. The molecule has 0 unspecified atom stereocenters. The van der Waals surface area contributed by atoms with E-state index in [4.69, 9.17) is 4.98 Å². The summed E-state index contributed by atoms with van der Waals surface area (Å²) in [6.07, 6.45) is 7.84. The first kappa shape index (κ1) is 13.5. The van der Waals surface area contributed by atoms with E-state index < -0.39 is 0 Å². The van der Waals surface area contributed by atoms with Crippen LogP contribution in [0.5, 0.6) is 0 Å². The van der Waals surface area contributed by atoms with Gasteiger partial charge >= 0.3 is 0 Å². The van der Waals surface area contributed by atoms with Crippen molar-refractivity contribution < 1.29 is 0 Å². The quantitative estimate of drug-likeness (QED) is 0.565. The van der Waals surface area contributed by atoms with Gasteiger partial charge in [0.15, 0.2) is 0 Å². The summed E-state index contributed by atoms with van der Waals surface area (Å²) in [6.45, 7) is 0. The molecule has 0 saturated carbocycles. The second kappa shape index (κ2) is 5.03. The van der Waals surface area contributed by atoms with Crippen molar-refractivity contribution in [1.82, 2.24) is 20.2 Å². The topological polar surface area (TPSA) is 74.4 Å². The van der Waals surface area contributed by atoms with Gasteiger partial charge in [0.2, 0.25) is 0 Å². The van der Waals surface area contributed by atoms with Crippen molar-refractivity contribution in [3.05, 3.63) is 58.1 Å². The van der Waals surface area contributed by atoms with Gasteiger partial charge in [-0.15, -0.1) is 0 Å². The summed E-state index contributed by atoms with van der Waals surface area (Å²) in [7, 11) is 0. The molecule has 5 nitrogen and oxygen atoms in total. The van der Waals surface area contributed by atoms with E-state index in [1.54, 1.807) is 6.20 Å². The molecule has 0 spiro atoms. The summed E-state index contributed by atoms with van der Waals surface area (Å²) >= 11 is 0. The van der Waals surface area contributed by atoms with Crippen LogP contribution in [0, 0.1) is 0 Å². The lowest BCUT2D eigenvalue weighted by molar-refractivity contribution is 0.689. The van der Waals surface area contributed by atoms with Gasteiger partial charge in [0.25, 0.3) is 5.56 Å². The fourth-order valence-corrected chi connectivity index (χ4v) is 3.88. The van der Waals surface area contributed by atoms with Crippen molar-refractivity contribution >= 4 is 21.8 Å². The zero-order valence-corrected chi connectivity index (χ0v) is 13.1. The molecule has 5 heteroatoms. The average molecular weight is 316 g/mol. The number of aromatic amines is 2.